The van der Waals surface area contributed by atoms with Crippen molar-refractivity contribution in [3.05, 3.63) is 56.5 Å². The van der Waals surface area contributed by atoms with Crippen molar-refractivity contribution in [2.24, 2.45) is 5.10 Å². The van der Waals surface area contributed by atoms with Gasteiger partial charge in [0.1, 0.15) is 5.75 Å². The van der Waals surface area contributed by atoms with Gasteiger partial charge in [-0.2, -0.15) is 5.10 Å². The van der Waals surface area contributed by atoms with E-state index in [0.717, 1.165) is 10.9 Å². The number of hydrazone groups is 1. The number of carbonyl (C=O) groups excluding carboxylic acids is 2. The maximum atomic E-state index is 11.9. The van der Waals surface area contributed by atoms with Gasteiger partial charge in [-0.05, 0) is 42.8 Å². The Hall–Kier alpha value is -2.09. The van der Waals surface area contributed by atoms with Crippen LogP contribution >= 0.6 is 39.1 Å². The third kappa shape index (κ3) is 6.53. The summed E-state index contributed by atoms with van der Waals surface area (Å²) in [7, 11) is 0. The highest BCUT2D eigenvalue weighted by atomic mass is 79.9. The van der Waals surface area contributed by atoms with Crippen molar-refractivity contribution in [3.8, 4) is 5.75 Å². The number of hydrogen-bond acceptors (Lipinski definition) is 4. The van der Waals surface area contributed by atoms with Crippen LogP contribution in [0.1, 0.15) is 18.9 Å². The standard InChI is InChI=1S/C18H16BrCl2N3O3/c1-2-7-27-16-6-3-12(19)8-11(16)10-22-24-18(26)17(25)23-13-4-5-14(20)15(21)9-13/h3-6,8-10H,2,7H2,1H3,(H,23,25)(H,24,26)/b22-10+. The molecule has 9 heteroatoms. The van der Waals surface area contributed by atoms with E-state index in [0.29, 0.717) is 28.6 Å². The van der Waals surface area contributed by atoms with Crippen molar-refractivity contribution in [1.29, 1.82) is 0 Å². The zero-order valence-corrected chi connectivity index (χ0v) is 17.4. The van der Waals surface area contributed by atoms with Gasteiger partial charge in [-0.1, -0.05) is 46.1 Å². The second kappa shape index (κ2) is 10.3. The van der Waals surface area contributed by atoms with E-state index in [2.05, 4.69) is 31.8 Å². The van der Waals surface area contributed by atoms with E-state index in [1.165, 1.54) is 24.4 Å². The van der Waals surface area contributed by atoms with Gasteiger partial charge in [-0.3, -0.25) is 9.59 Å². The van der Waals surface area contributed by atoms with Gasteiger partial charge < -0.3 is 10.1 Å². The quantitative estimate of drug-likeness (QED) is 0.365. The fourth-order valence-corrected chi connectivity index (χ4v) is 2.61. The molecule has 0 heterocycles. The molecule has 0 bridgehead atoms. The normalized spacial score (nSPS) is 10.7. The van der Waals surface area contributed by atoms with E-state index in [9.17, 15) is 9.59 Å². The Kier molecular flexibility index (Phi) is 8.09. The highest BCUT2D eigenvalue weighted by Crippen LogP contribution is 2.25. The largest absolute Gasteiger partial charge is 0.493 e. The minimum Gasteiger partial charge on any atom is -0.493 e. The minimum atomic E-state index is -0.927. The van der Waals surface area contributed by atoms with E-state index < -0.39 is 11.8 Å². The fourth-order valence-electron chi connectivity index (χ4n) is 1.94. The van der Waals surface area contributed by atoms with Crippen molar-refractivity contribution in [3.63, 3.8) is 0 Å². The first-order chi connectivity index (χ1) is 12.9. The lowest BCUT2D eigenvalue weighted by atomic mass is 10.2. The van der Waals surface area contributed by atoms with E-state index in [4.69, 9.17) is 27.9 Å². The molecule has 0 spiro atoms. The average molecular weight is 473 g/mol. The first-order valence-corrected chi connectivity index (χ1v) is 9.47. The first-order valence-electron chi connectivity index (χ1n) is 7.92. The molecular weight excluding hydrogens is 457 g/mol. The molecule has 0 aliphatic heterocycles. The number of ether oxygens (including phenoxy) is 1. The summed E-state index contributed by atoms with van der Waals surface area (Å²) in [5.41, 5.74) is 3.17. The Balaban J connectivity index is 1.98. The summed E-state index contributed by atoms with van der Waals surface area (Å²) in [4.78, 5) is 23.8. The van der Waals surface area contributed by atoms with Crippen LogP contribution in [0, 0.1) is 0 Å². The van der Waals surface area contributed by atoms with Crippen molar-refractivity contribution in [2.75, 3.05) is 11.9 Å². The molecular formula is C18H16BrCl2N3O3. The van der Waals surface area contributed by atoms with E-state index in [-0.39, 0.29) is 5.02 Å². The number of rotatable bonds is 6. The van der Waals surface area contributed by atoms with Crippen molar-refractivity contribution >= 4 is 62.8 Å². The molecule has 2 rings (SSSR count). The molecule has 0 atom stereocenters. The Morgan fingerprint density at radius 3 is 2.63 bits per heavy atom. The van der Waals surface area contributed by atoms with Gasteiger partial charge in [0.25, 0.3) is 0 Å². The second-order valence-electron chi connectivity index (χ2n) is 5.31. The van der Waals surface area contributed by atoms with E-state index in [1.54, 1.807) is 12.1 Å². The third-order valence-corrected chi connectivity index (χ3v) is 4.42. The summed E-state index contributed by atoms with van der Waals surface area (Å²) in [5, 5.41) is 6.83. The number of halogens is 3. The molecule has 2 aromatic rings. The molecule has 142 valence electrons. The number of anilines is 1. The predicted molar refractivity (Wildman–Crippen MR) is 111 cm³/mol. The van der Waals surface area contributed by atoms with Crippen LogP contribution in [0.4, 0.5) is 5.69 Å². The van der Waals surface area contributed by atoms with Gasteiger partial charge in [0.15, 0.2) is 0 Å². The molecule has 2 aromatic carbocycles. The molecule has 0 fully saturated rings. The summed E-state index contributed by atoms with van der Waals surface area (Å²) in [5.74, 6) is -1.19. The fraction of sp³-hybridized carbons (Fsp3) is 0.167. The van der Waals surface area contributed by atoms with Crippen molar-refractivity contribution in [2.45, 2.75) is 13.3 Å². The number of hydrogen-bond donors (Lipinski definition) is 2. The smallest absolute Gasteiger partial charge is 0.329 e. The number of nitrogens with one attached hydrogen (secondary N) is 2. The highest BCUT2D eigenvalue weighted by Gasteiger charge is 2.13. The molecule has 0 aliphatic carbocycles. The van der Waals surface area contributed by atoms with Gasteiger partial charge in [-0.25, -0.2) is 5.43 Å². The molecule has 0 unspecified atom stereocenters. The lowest BCUT2D eigenvalue weighted by Crippen LogP contribution is -2.32. The lowest BCUT2D eigenvalue weighted by Gasteiger charge is -2.08. The molecule has 2 amide bonds. The third-order valence-electron chi connectivity index (χ3n) is 3.19. The Labute approximate surface area is 175 Å². The minimum absolute atomic E-state index is 0.266. The Morgan fingerprint density at radius 2 is 1.93 bits per heavy atom. The van der Waals surface area contributed by atoms with Crippen molar-refractivity contribution in [1.82, 2.24) is 5.43 Å². The van der Waals surface area contributed by atoms with E-state index in [1.807, 2.05) is 13.0 Å². The summed E-state index contributed by atoms with van der Waals surface area (Å²) < 4.78 is 6.45. The van der Waals surface area contributed by atoms with Crippen LogP contribution in [0.2, 0.25) is 10.0 Å². The van der Waals surface area contributed by atoms with Crippen LogP contribution in [-0.2, 0) is 9.59 Å². The SMILES string of the molecule is CCCOc1ccc(Br)cc1/C=N/NC(=O)C(=O)Nc1ccc(Cl)c(Cl)c1. The maximum absolute atomic E-state index is 11.9. The summed E-state index contributed by atoms with van der Waals surface area (Å²) in [6.07, 6.45) is 2.26. The predicted octanol–water partition coefficient (Wildman–Crippen LogP) is 4.63. The van der Waals surface area contributed by atoms with Gasteiger partial charge in [-0.15, -0.1) is 0 Å². The number of amides is 2. The molecule has 0 aliphatic rings. The maximum Gasteiger partial charge on any atom is 0.329 e. The monoisotopic (exact) mass is 471 g/mol. The van der Waals surface area contributed by atoms with Gasteiger partial charge in [0.2, 0.25) is 0 Å². The van der Waals surface area contributed by atoms with Gasteiger partial charge in [0, 0.05) is 15.7 Å². The molecule has 0 aromatic heterocycles. The second-order valence-corrected chi connectivity index (χ2v) is 7.04. The Morgan fingerprint density at radius 1 is 1.15 bits per heavy atom. The Bertz CT molecular complexity index is 875. The number of carbonyl (C=O) groups is 2. The molecule has 0 saturated heterocycles. The summed E-state index contributed by atoms with van der Waals surface area (Å²) in [6, 6.07) is 9.90. The lowest BCUT2D eigenvalue weighted by molar-refractivity contribution is -0.136. The zero-order valence-electron chi connectivity index (χ0n) is 14.3. The molecule has 6 nitrogen and oxygen atoms in total. The topological polar surface area (TPSA) is 79.8 Å². The average Bonchev–Trinajstić information content (AvgIpc) is 2.64. The van der Waals surface area contributed by atoms with Crippen LogP contribution in [-0.4, -0.2) is 24.6 Å². The van der Waals surface area contributed by atoms with Crippen LogP contribution in [0.5, 0.6) is 5.75 Å². The highest BCUT2D eigenvalue weighted by molar-refractivity contribution is 9.10. The first kappa shape index (κ1) is 21.2. The van der Waals surface area contributed by atoms with Crippen LogP contribution in [0.3, 0.4) is 0 Å². The summed E-state index contributed by atoms with van der Waals surface area (Å²) >= 11 is 15.0. The summed E-state index contributed by atoms with van der Waals surface area (Å²) in [6.45, 7) is 2.56. The molecule has 0 saturated carbocycles. The molecule has 0 radical (unpaired) electrons. The van der Waals surface area contributed by atoms with Gasteiger partial charge in [0.05, 0.1) is 22.9 Å². The number of nitrogens with zero attached hydrogens (tertiary/aromatic N) is 1. The van der Waals surface area contributed by atoms with Crippen LogP contribution in [0.15, 0.2) is 46.0 Å². The van der Waals surface area contributed by atoms with Crippen LogP contribution in [0.25, 0.3) is 0 Å². The molecule has 27 heavy (non-hydrogen) atoms. The van der Waals surface area contributed by atoms with Gasteiger partial charge >= 0.3 is 11.8 Å². The number of benzene rings is 2. The van der Waals surface area contributed by atoms with E-state index >= 15 is 0 Å². The van der Waals surface area contributed by atoms with Crippen LogP contribution < -0.4 is 15.5 Å². The zero-order chi connectivity index (χ0) is 19.8. The van der Waals surface area contributed by atoms with Crippen molar-refractivity contribution < 1.29 is 14.3 Å². The molecule has 2 N–H and O–H groups in total.